The lowest BCUT2D eigenvalue weighted by molar-refractivity contribution is 1.35. The first kappa shape index (κ1) is 14.8. The summed E-state index contributed by atoms with van der Waals surface area (Å²) in [7, 11) is 0. The average molecular weight is 298 g/mol. The zero-order valence-electron chi connectivity index (χ0n) is 9.68. The van der Waals surface area contributed by atoms with Crippen LogP contribution in [0.2, 0.25) is 5.02 Å². The molecule has 18 heavy (non-hydrogen) atoms. The zero-order valence-corrected chi connectivity index (χ0v) is 12.1. The van der Waals surface area contributed by atoms with Gasteiger partial charge in [-0.25, -0.2) is 4.99 Å². The minimum atomic E-state index is 0.103. The van der Waals surface area contributed by atoms with Crippen LogP contribution in [-0.4, -0.2) is 15.9 Å². The maximum Gasteiger partial charge on any atom is 0.199 e. The molecule has 0 heterocycles. The Morgan fingerprint density at radius 1 is 1.39 bits per heavy atom. The van der Waals surface area contributed by atoms with Crippen LogP contribution < -0.4 is 11.1 Å². The third kappa shape index (κ3) is 5.35. The molecule has 0 bridgehead atoms. The predicted molar refractivity (Wildman–Crippen MR) is 86.1 cm³/mol. The number of nitrogens with one attached hydrogen (secondary N) is 1. The second-order valence-electron chi connectivity index (χ2n) is 3.40. The quantitative estimate of drug-likeness (QED) is 0.651. The maximum atomic E-state index is 6.02. The summed E-state index contributed by atoms with van der Waals surface area (Å²) in [6.45, 7) is 1.82. The van der Waals surface area contributed by atoms with E-state index in [-0.39, 0.29) is 10.2 Å². The number of rotatable bonds is 2. The first-order chi connectivity index (χ1) is 8.49. The molecular formula is C12H12ClN3S2. The Morgan fingerprint density at radius 3 is 2.67 bits per heavy atom. The Kier molecular flexibility index (Phi) is 5.91. The van der Waals surface area contributed by atoms with Crippen LogP contribution in [-0.2, 0) is 0 Å². The van der Waals surface area contributed by atoms with E-state index in [9.17, 15) is 0 Å². The third-order valence-electron chi connectivity index (χ3n) is 1.92. The molecule has 6 heteroatoms. The molecule has 94 valence electrons. The number of benzene rings is 1. The average Bonchev–Trinajstić information content (AvgIpc) is 2.26. The van der Waals surface area contributed by atoms with Crippen molar-refractivity contribution in [2.75, 3.05) is 0 Å². The van der Waals surface area contributed by atoms with E-state index in [1.165, 1.54) is 0 Å². The molecule has 0 amide bonds. The molecule has 3 nitrogen and oxygen atoms in total. The summed E-state index contributed by atoms with van der Waals surface area (Å²) < 4.78 is 0. The van der Waals surface area contributed by atoms with E-state index >= 15 is 0 Å². The van der Waals surface area contributed by atoms with Gasteiger partial charge in [0.25, 0.3) is 0 Å². The fourth-order valence-corrected chi connectivity index (χ4v) is 1.77. The molecule has 0 spiro atoms. The number of allylic oxidation sites excluding steroid dienone is 1. The Bertz CT molecular complexity index is 524. The Hall–Kier alpha value is -1.30. The lowest BCUT2D eigenvalue weighted by Crippen LogP contribution is -2.32. The van der Waals surface area contributed by atoms with Gasteiger partial charge < -0.3 is 11.1 Å². The molecule has 0 unspecified atom stereocenters. The molecule has 1 aromatic rings. The highest BCUT2D eigenvalue weighted by molar-refractivity contribution is 7.81. The number of aliphatic imine (C=N–C) groups is 1. The SMILES string of the molecule is CC(/C=C\c1ccccc1Cl)=NC(=S)NC(N)=S. The summed E-state index contributed by atoms with van der Waals surface area (Å²) in [5.41, 5.74) is 6.93. The number of halogens is 1. The monoisotopic (exact) mass is 297 g/mol. The standard InChI is InChI=1S/C12H12ClN3S2/c1-8(15-12(18)16-11(14)17)6-7-9-4-2-3-5-10(9)13/h2-7H,1H3,(H3,14,16,17,18)/b7-6-,15-8?. The Labute approximate surface area is 122 Å². The van der Waals surface area contributed by atoms with E-state index in [1.54, 1.807) is 0 Å². The summed E-state index contributed by atoms with van der Waals surface area (Å²) in [5, 5.41) is 3.60. The van der Waals surface area contributed by atoms with Gasteiger partial charge in [0.05, 0.1) is 0 Å². The fourth-order valence-electron chi connectivity index (χ4n) is 1.15. The maximum absolute atomic E-state index is 6.02. The van der Waals surface area contributed by atoms with Gasteiger partial charge in [-0.15, -0.1) is 0 Å². The summed E-state index contributed by atoms with van der Waals surface area (Å²) in [4.78, 5) is 4.10. The molecule has 0 fully saturated rings. The summed E-state index contributed by atoms with van der Waals surface area (Å²) in [6.07, 6.45) is 3.68. The molecule has 0 saturated carbocycles. The number of hydrogen-bond acceptors (Lipinski definition) is 2. The van der Waals surface area contributed by atoms with Crippen molar-refractivity contribution in [2.24, 2.45) is 10.7 Å². The molecule has 0 saturated heterocycles. The van der Waals surface area contributed by atoms with E-state index < -0.39 is 0 Å². The molecule has 1 rings (SSSR count). The van der Waals surface area contributed by atoms with E-state index in [0.717, 1.165) is 11.3 Å². The third-order valence-corrected chi connectivity index (χ3v) is 2.56. The largest absolute Gasteiger partial charge is 0.376 e. The molecule has 0 aliphatic rings. The van der Waals surface area contributed by atoms with Gasteiger partial charge in [0, 0.05) is 10.7 Å². The number of nitrogens with two attached hydrogens (primary N) is 1. The molecular weight excluding hydrogens is 286 g/mol. The number of hydrogen-bond donors (Lipinski definition) is 2. The van der Waals surface area contributed by atoms with Gasteiger partial charge in [-0.2, -0.15) is 0 Å². The van der Waals surface area contributed by atoms with Crippen LogP contribution in [0.15, 0.2) is 35.3 Å². The second-order valence-corrected chi connectivity index (χ2v) is 4.64. The first-order valence-corrected chi connectivity index (χ1v) is 6.27. The van der Waals surface area contributed by atoms with Gasteiger partial charge in [-0.1, -0.05) is 35.9 Å². The lowest BCUT2D eigenvalue weighted by Gasteiger charge is -2.00. The van der Waals surface area contributed by atoms with E-state index in [4.69, 9.17) is 29.6 Å². The zero-order chi connectivity index (χ0) is 13.5. The van der Waals surface area contributed by atoms with Crippen LogP contribution >= 0.6 is 36.0 Å². The van der Waals surface area contributed by atoms with E-state index in [0.29, 0.717) is 5.02 Å². The smallest absolute Gasteiger partial charge is 0.199 e. The van der Waals surface area contributed by atoms with Crippen molar-refractivity contribution < 1.29 is 0 Å². The molecule has 1 aromatic carbocycles. The first-order valence-electron chi connectivity index (χ1n) is 5.07. The van der Waals surface area contributed by atoms with Crippen molar-refractivity contribution in [3.63, 3.8) is 0 Å². The second kappa shape index (κ2) is 7.20. The highest BCUT2D eigenvalue weighted by Gasteiger charge is 1.96. The van der Waals surface area contributed by atoms with Crippen LogP contribution in [0.3, 0.4) is 0 Å². The van der Waals surface area contributed by atoms with Crippen LogP contribution in [0, 0.1) is 0 Å². The number of thiocarbonyl (C=S) groups is 2. The molecule has 0 atom stereocenters. The van der Waals surface area contributed by atoms with Crippen molar-refractivity contribution in [3.05, 3.63) is 40.9 Å². The number of nitrogens with zero attached hydrogens (tertiary/aromatic N) is 1. The fraction of sp³-hybridized carbons (Fsp3) is 0.0833. The molecule has 0 aliphatic heterocycles. The highest BCUT2D eigenvalue weighted by Crippen LogP contribution is 2.16. The summed E-state index contributed by atoms with van der Waals surface area (Å²) >= 11 is 15.6. The van der Waals surface area contributed by atoms with E-state index in [2.05, 4.69) is 22.5 Å². The van der Waals surface area contributed by atoms with Gasteiger partial charge in [0.1, 0.15) is 0 Å². The van der Waals surface area contributed by atoms with Crippen LogP contribution in [0.4, 0.5) is 0 Å². The van der Waals surface area contributed by atoms with Gasteiger partial charge in [-0.05, 0) is 49.1 Å². The van der Waals surface area contributed by atoms with Crippen molar-refractivity contribution >= 4 is 58.0 Å². The van der Waals surface area contributed by atoms with Gasteiger partial charge in [0.2, 0.25) is 0 Å². The summed E-state index contributed by atoms with van der Waals surface area (Å²) in [6, 6.07) is 7.53. The van der Waals surface area contributed by atoms with Crippen LogP contribution in [0.5, 0.6) is 0 Å². The predicted octanol–water partition coefficient (Wildman–Crippen LogP) is 2.93. The van der Waals surface area contributed by atoms with Crippen LogP contribution in [0.25, 0.3) is 6.08 Å². The molecule has 3 N–H and O–H groups in total. The van der Waals surface area contributed by atoms with Gasteiger partial charge >= 0.3 is 0 Å². The normalized spacial score (nSPS) is 11.6. The molecule has 0 aromatic heterocycles. The molecule has 0 radical (unpaired) electrons. The van der Waals surface area contributed by atoms with Crippen LogP contribution in [0.1, 0.15) is 12.5 Å². The van der Waals surface area contributed by atoms with Crippen molar-refractivity contribution in [1.82, 2.24) is 5.32 Å². The van der Waals surface area contributed by atoms with Crippen molar-refractivity contribution in [1.29, 1.82) is 0 Å². The van der Waals surface area contributed by atoms with E-state index in [1.807, 2.05) is 43.3 Å². The highest BCUT2D eigenvalue weighted by atomic mass is 35.5. The van der Waals surface area contributed by atoms with Crippen molar-refractivity contribution in [2.45, 2.75) is 6.92 Å². The minimum absolute atomic E-state index is 0.103. The minimum Gasteiger partial charge on any atom is -0.376 e. The van der Waals surface area contributed by atoms with Crippen molar-refractivity contribution in [3.8, 4) is 0 Å². The lowest BCUT2D eigenvalue weighted by atomic mass is 10.2. The molecule has 0 aliphatic carbocycles. The Morgan fingerprint density at radius 2 is 2.06 bits per heavy atom. The van der Waals surface area contributed by atoms with Gasteiger partial charge in [0.15, 0.2) is 10.2 Å². The van der Waals surface area contributed by atoms with Gasteiger partial charge in [-0.3, -0.25) is 0 Å². The summed E-state index contributed by atoms with van der Waals surface area (Å²) in [5.74, 6) is 0. The topological polar surface area (TPSA) is 50.4 Å². The Balaban J connectivity index is 2.73.